The molecule has 0 aromatic heterocycles. The molecule has 0 spiro atoms. The second-order valence-corrected chi connectivity index (χ2v) is 5.85. The Kier molecular flexibility index (Phi) is 6.58. The first-order valence-corrected chi connectivity index (χ1v) is 7.24. The van der Waals surface area contributed by atoms with Crippen LogP contribution in [-0.2, 0) is 4.74 Å². The van der Waals surface area contributed by atoms with Crippen LogP contribution < -0.4 is 10.6 Å². The molecule has 1 rings (SSSR count). The number of methoxy groups -OCH3 is 1. The summed E-state index contributed by atoms with van der Waals surface area (Å²) >= 11 is 0. The largest absolute Gasteiger partial charge is 0.453 e. The lowest BCUT2D eigenvalue weighted by molar-refractivity contribution is 0.0544. The monoisotopic (exact) mass is 272 g/mol. The van der Waals surface area contributed by atoms with Gasteiger partial charge in [-0.25, -0.2) is 4.79 Å². The number of nitrogens with one attached hydrogen (secondary N) is 2. The van der Waals surface area contributed by atoms with Gasteiger partial charge < -0.3 is 15.2 Å². The topological polar surface area (TPSA) is 70.6 Å². The van der Waals surface area contributed by atoms with E-state index in [1.54, 1.807) is 0 Å². The number of carbonyl (C=O) groups is 1. The lowest BCUT2D eigenvalue weighted by Crippen LogP contribution is -2.55. The van der Waals surface area contributed by atoms with Gasteiger partial charge in [-0.05, 0) is 31.6 Å². The van der Waals surface area contributed by atoms with Crippen LogP contribution in [0.2, 0.25) is 0 Å². The molecule has 1 aliphatic carbocycles. The molecule has 1 amide bonds. The van der Waals surface area contributed by atoms with Crippen LogP contribution in [0, 0.1) is 11.8 Å². The van der Waals surface area contributed by atoms with Gasteiger partial charge in [0.05, 0.1) is 13.2 Å². The van der Waals surface area contributed by atoms with Crippen molar-refractivity contribution in [2.75, 3.05) is 7.11 Å². The minimum absolute atomic E-state index is 0.123. The fourth-order valence-electron chi connectivity index (χ4n) is 2.77. The Morgan fingerprint density at radius 2 is 1.84 bits per heavy atom. The van der Waals surface area contributed by atoms with E-state index < -0.39 is 12.3 Å². The van der Waals surface area contributed by atoms with E-state index in [4.69, 9.17) is 0 Å². The van der Waals surface area contributed by atoms with Crippen LogP contribution in [0.25, 0.3) is 0 Å². The molecule has 0 saturated heterocycles. The van der Waals surface area contributed by atoms with Gasteiger partial charge in [0.25, 0.3) is 0 Å². The minimum atomic E-state index is -0.755. The van der Waals surface area contributed by atoms with Gasteiger partial charge >= 0.3 is 6.09 Å². The standard InChI is InChI=1S/C14H28N2O3/c1-9(2)12(16-14(18)19-4)13(17)15-10(3)11-7-5-6-8-11/h9-13,15,17H,5-8H2,1-4H3,(H,16,18)/t10-,12-,13?/m1/s1. The van der Waals surface area contributed by atoms with Gasteiger partial charge in [0, 0.05) is 6.04 Å². The van der Waals surface area contributed by atoms with Gasteiger partial charge in [0.15, 0.2) is 0 Å². The van der Waals surface area contributed by atoms with Crippen LogP contribution >= 0.6 is 0 Å². The summed E-state index contributed by atoms with van der Waals surface area (Å²) in [6.45, 7) is 6.03. The summed E-state index contributed by atoms with van der Waals surface area (Å²) in [6.07, 6.45) is 3.74. The van der Waals surface area contributed by atoms with E-state index in [9.17, 15) is 9.90 Å². The molecule has 112 valence electrons. The third-order valence-electron chi connectivity index (χ3n) is 4.07. The van der Waals surface area contributed by atoms with Crippen molar-refractivity contribution >= 4 is 6.09 Å². The highest BCUT2D eigenvalue weighted by atomic mass is 16.5. The molecule has 0 aliphatic heterocycles. The Bertz CT molecular complexity index is 278. The summed E-state index contributed by atoms with van der Waals surface area (Å²) in [7, 11) is 1.33. The summed E-state index contributed by atoms with van der Waals surface area (Å²) in [6, 6.07) is -0.0884. The SMILES string of the molecule is COC(=O)N[C@H](C(C)C)C(O)N[C@H](C)C1CCCC1. The molecular formula is C14H28N2O3. The van der Waals surface area contributed by atoms with Crippen LogP contribution in [0.5, 0.6) is 0 Å². The van der Waals surface area contributed by atoms with E-state index in [1.165, 1.54) is 32.8 Å². The zero-order chi connectivity index (χ0) is 14.4. The molecule has 1 saturated carbocycles. The van der Waals surface area contributed by atoms with E-state index in [1.807, 2.05) is 13.8 Å². The molecule has 0 heterocycles. The van der Waals surface area contributed by atoms with Crippen molar-refractivity contribution in [3.05, 3.63) is 0 Å². The molecule has 0 radical (unpaired) electrons. The zero-order valence-corrected chi connectivity index (χ0v) is 12.5. The van der Waals surface area contributed by atoms with Gasteiger partial charge in [-0.3, -0.25) is 5.32 Å². The van der Waals surface area contributed by atoms with E-state index in [0.29, 0.717) is 5.92 Å². The molecule has 0 bridgehead atoms. The molecule has 3 N–H and O–H groups in total. The number of rotatable bonds is 6. The molecule has 5 nitrogen and oxygen atoms in total. The van der Waals surface area contributed by atoms with Crippen LogP contribution in [-0.4, -0.2) is 36.6 Å². The van der Waals surface area contributed by atoms with Gasteiger partial charge in [-0.15, -0.1) is 0 Å². The Morgan fingerprint density at radius 3 is 2.32 bits per heavy atom. The smallest absolute Gasteiger partial charge is 0.407 e. The highest BCUT2D eigenvalue weighted by Gasteiger charge is 2.29. The quantitative estimate of drug-likeness (QED) is 0.645. The van der Waals surface area contributed by atoms with Crippen LogP contribution in [0.1, 0.15) is 46.5 Å². The third-order valence-corrected chi connectivity index (χ3v) is 4.07. The summed E-state index contributed by atoms with van der Waals surface area (Å²) in [5.74, 6) is 0.748. The Balaban J connectivity index is 2.50. The van der Waals surface area contributed by atoms with Crippen LogP contribution in [0.3, 0.4) is 0 Å². The number of aliphatic hydroxyl groups is 1. The Hall–Kier alpha value is -0.810. The number of ether oxygens (including phenoxy) is 1. The average Bonchev–Trinajstić information content (AvgIpc) is 2.88. The van der Waals surface area contributed by atoms with E-state index in [-0.39, 0.29) is 18.0 Å². The van der Waals surface area contributed by atoms with Crippen molar-refractivity contribution in [3.8, 4) is 0 Å². The van der Waals surface area contributed by atoms with Crippen molar-refractivity contribution in [2.24, 2.45) is 11.8 Å². The maximum atomic E-state index is 11.3. The van der Waals surface area contributed by atoms with Crippen molar-refractivity contribution in [1.29, 1.82) is 0 Å². The van der Waals surface area contributed by atoms with Crippen molar-refractivity contribution in [1.82, 2.24) is 10.6 Å². The van der Waals surface area contributed by atoms with Crippen LogP contribution in [0.4, 0.5) is 4.79 Å². The third kappa shape index (κ3) is 4.99. The second-order valence-electron chi connectivity index (χ2n) is 5.85. The summed E-state index contributed by atoms with van der Waals surface area (Å²) < 4.78 is 4.60. The molecule has 5 heteroatoms. The first-order chi connectivity index (χ1) is 8.95. The van der Waals surface area contributed by atoms with Crippen molar-refractivity contribution < 1.29 is 14.6 Å². The lowest BCUT2D eigenvalue weighted by Gasteiger charge is -2.31. The molecule has 1 aliphatic rings. The van der Waals surface area contributed by atoms with Crippen molar-refractivity contribution in [2.45, 2.75) is 64.8 Å². The second kappa shape index (κ2) is 7.70. The molecule has 3 atom stereocenters. The maximum Gasteiger partial charge on any atom is 0.407 e. The van der Waals surface area contributed by atoms with E-state index in [2.05, 4.69) is 22.3 Å². The number of amides is 1. The minimum Gasteiger partial charge on any atom is -0.453 e. The first-order valence-electron chi connectivity index (χ1n) is 7.24. The molecular weight excluding hydrogens is 244 g/mol. The lowest BCUT2D eigenvalue weighted by atomic mass is 9.97. The molecule has 1 unspecified atom stereocenters. The zero-order valence-electron chi connectivity index (χ0n) is 12.5. The molecule has 19 heavy (non-hydrogen) atoms. The van der Waals surface area contributed by atoms with Crippen LogP contribution in [0.15, 0.2) is 0 Å². The highest BCUT2D eigenvalue weighted by molar-refractivity contribution is 5.67. The van der Waals surface area contributed by atoms with Gasteiger partial charge in [-0.2, -0.15) is 0 Å². The fourth-order valence-corrected chi connectivity index (χ4v) is 2.77. The average molecular weight is 272 g/mol. The highest BCUT2D eigenvalue weighted by Crippen LogP contribution is 2.27. The van der Waals surface area contributed by atoms with Gasteiger partial charge in [0.2, 0.25) is 0 Å². The predicted octanol–water partition coefficient (Wildman–Crippen LogP) is 1.85. The number of hydrogen-bond donors (Lipinski definition) is 3. The molecule has 0 aromatic rings. The van der Waals surface area contributed by atoms with E-state index >= 15 is 0 Å². The molecule has 1 fully saturated rings. The van der Waals surface area contributed by atoms with Gasteiger partial charge in [-0.1, -0.05) is 26.7 Å². The van der Waals surface area contributed by atoms with E-state index in [0.717, 1.165) is 0 Å². The summed E-state index contributed by atoms with van der Waals surface area (Å²) in [4.78, 5) is 11.3. The molecule has 0 aromatic carbocycles. The summed E-state index contributed by atoms with van der Waals surface area (Å²) in [5, 5.41) is 16.2. The first kappa shape index (κ1) is 16.2. The normalized spacial score (nSPS) is 21.2. The Morgan fingerprint density at radius 1 is 1.26 bits per heavy atom. The number of hydrogen-bond acceptors (Lipinski definition) is 4. The maximum absolute atomic E-state index is 11.3. The summed E-state index contributed by atoms with van der Waals surface area (Å²) in [5.41, 5.74) is 0. The number of carbonyl (C=O) groups excluding carboxylic acids is 1. The van der Waals surface area contributed by atoms with Crippen molar-refractivity contribution in [3.63, 3.8) is 0 Å². The number of alkyl carbamates (subject to hydrolysis) is 1. The predicted molar refractivity (Wildman–Crippen MR) is 74.7 cm³/mol. The van der Waals surface area contributed by atoms with Gasteiger partial charge in [0.1, 0.15) is 6.23 Å². The number of aliphatic hydroxyl groups excluding tert-OH is 1. The fraction of sp³-hybridized carbons (Fsp3) is 0.929. The Labute approximate surface area is 116 Å².